The van der Waals surface area contributed by atoms with E-state index in [1.165, 1.54) is 5.56 Å². The molecule has 1 aromatic heterocycles. The van der Waals surface area contributed by atoms with E-state index in [1.807, 2.05) is 36.4 Å². The van der Waals surface area contributed by atoms with Gasteiger partial charge in [-0.3, -0.25) is 0 Å². The van der Waals surface area contributed by atoms with Crippen molar-refractivity contribution >= 4 is 23.2 Å². The van der Waals surface area contributed by atoms with Crippen LogP contribution in [0.4, 0.5) is 0 Å². The topological polar surface area (TPSA) is 24.1 Å². The lowest BCUT2D eigenvalue weighted by Gasteiger charge is -2.19. The highest BCUT2D eigenvalue weighted by Crippen LogP contribution is 2.36. The zero-order chi connectivity index (χ0) is 26.2. The monoisotopic (exact) mass is 524 g/mol. The number of rotatable bonds is 4. The van der Waals surface area contributed by atoms with Gasteiger partial charge in [0.2, 0.25) is 17.1 Å². The molecule has 0 radical (unpaired) electrons. The van der Waals surface area contributed by atoms with Gasteiger partial charge in [-0.1, -0.05) is 105 Å². The van der Waals surface area contributed by atoms with Crippen LogP contribution in [0.25, 0.3) is 39.3 Å². The summed E-state index contributed by atoms with van der Waals surface area (Å²) < 4.78 is 2.15. The third-order valence-corrected chi connectivity index (χ3v) is 7.13. The normalized spacial score (nSPS) is 11.5. The molecule has 0 aliphatic heterocycles. The fourth-order valence-electron chi connectivity index (χ4n) is 4.53. The molecule has 1 heterocycles. The fourth-order valence-corrected chi connectivity index (χ4v) is 5.00. The van der Waals surface area contributed by atoms with Crippen molar-refractivity contribution < 1.29 is 9.67 Å². The smallest absolute Gasteiger partial charge is 0.219 e. The first-order chi connectivity index (χ1) is 17.7. The second-order valence-electron chi connectivity index (χ2n) is 10.2. The number of hydrogen-bond acceptors (Lipinski definition) is 1. The quantitative estimate of drug-likeness (QED) is 0.232. The van der Waals surface area contributed by atoms with Gasteiger partial charge in [0.25, 0.3) is 0 Å². The van der Waals surface area contributed by atoms with Crippen molar-refractivity contribution in [2.24, 2.45) is 0 Å². The molecule has 37 heavy (non-hydrogen) atoms. The van der Waals surface area contributed by atoms with Crippen molar-refractivity contribution in [3.05, 3.63) is 125 Å². The van der Waals surface area contributed by atoms with Crippen molar-refractivity contribution in [2.75, 3.05) is 0 Å². The van der Waals surface area contributed by atoms with Crippen LogP contribution in [-0.4, -0.2) is 5.11 Å². The lowest BCUT2D eigenvalue weighted by Crippen LogP contribution is -2.36. The Bertz CT molecular complexity index is 1470. The van der Waals surface area contributed by atoms with Crippen molar-refractivity contribution in [2.45, 2.75) is 26.2 Å². The maximum atomic E-state index is 10.2. The average molecular weight is 525 g/mol. The van der Waals surface area contributed by atoms with E-state index in [0.717, 1.165) is 39.3 Å². The van der Waals surface area contributed by atoms with Crippen LogP contribution in [-0.2, 0) is 5.41 Å². The van der Waals surface area contributed by atoms with E-state index in [1.54, 1.807) is 12.1 Å². The van der Waals surface area contributed by atoms with Crippen molar-refractivity contribution in [3.8, 4) is 45.1 Å². The number of nitrogens with zero attached hydrogens (tertiary/aromatic N) is 1. The summed E-state index contributed by atoms with van der Waals surface area (Å²) in [5, 5.41) is 10.7. The van der Waals surface area contributed by atoms with Gasteiger partial charge in [-0.15, -0.1) is 0 Å². The predicted molar refractivity (Wildman–Crippen MR) is 155 cm³/mol. The summed E-state index contributed by atoms with van der Waals surface area (Å²) in [6.45, 7) is 6.67. The molecule has 2 nitrogen and oxygen atoms in total. The van der Waals surface area contributed by atoms with Gasteiger partial charge in [0.1, 0.15) is 0 Å². The van der Waals surface area contributed by atoms with Gasteiger partial charge < -0.3 is 5.11 Å². The fraction of sp³-hybridized carbons (Fsp3) is 0.121. The lowest BCUT2D eigenvalue weighted by atomic mass is 9.86. The number of hydrogen-bond donors (Lipinski definition) is 1. The highest BCUT2D eigenvalue weighted by atomic mass is 35.5. The Morgan fingerprint density at radius 1 is 0.568 bits per heavy atom. The minimum Gasteiger partial charge on any atom is -0.505 e. The standard InChI is InChI=1S/C33H27Cl2NO/c1-33(2,3)26-16-14-22(15-17-26)25-18-30(23-10-6-4-7-11-23)36(27-20-28(34)32(37)29(35)21-27)31(19-25)24-12-8-5-9-13-24/h4-21H,1-3H3/p+1. The van der Waals surface area contributed by atoms with E-state index in [9.17, 15) is 5.11 Å². The number of aromatic hydroxyl groups is 1. The first-order valence-electron chi connectivity index (χ1n) is 12.2. The van der Waals surface area contributed by atoms with Crippen LogP contribution in [0.15, 0.2) is 109 Å². The van der Waals surface area contributed by atoms with Crippen molar-refractivity contribution in [1.82, 2.24) is 0 Å². The SMILES string of the molecule is CC(C)(C)c1ccc(-c2cc(-c3ccccc3)[n+](-c3cc(Cl)c(O)c(Cl)c3)c(-c3ccccc3)c2)cc1. The number of phenolic OH excluding ortho intramolecular Hbond substituents is 1. The van der Waals surface area contributed by atoms with E-state index in [2.05, 4.69) is 86.0 Å². The molecule has 1 N–H and O–H groups in total. The summed E-state index contributed by atoms with van der Waals surface area (Å²) in [6.07, 6.45) is 0. The first-order valence-corrected chi connectivity index (χ1v) is 13.0. The van der Waals surface area contributed by atoms with E-state index < -0.39 is 0 Å². The van der Waals surface area contributed by atoms with Gasteiger partial charge in [-0.2, -0.15) is 4.57 Å². The Morgan fingerprint density at radius 3 is 1.46 bits per heavy atom. The first kappa shape index (κ1) is 25.1. The van der Waals surface area contributed by atoms with Crippen LogP contribution in [0.3, 0.4) is 0 Å². The molecule has 5 rings (SSSR count). The van der Waals surface area contributed by atoms with Gasteiger partial charge >= 0.3 is 0 Å². The Labute approximate surface area is 228 Å². The van der Waals surface area contributed by atoms with Crippen LogP contribution in [0, 0.1) is 0 Å². The molecule has 0 saturated heterocycles. The van der Waals surface area contributed by atoms with Gasteiger partial charge in [0.05, 0.1) is 10.0 Å². The molecule has 0 saturated carbocycles. The number of pyridine rings is 1. The highest BCUT2D eigenvalue weighted by Gasteiger charge is 2.26. The van der Waals surface area contributed by atoms with E-state index in [4.69, 9.17) is 23.2 Å². The predicted octanol–water partition coefficient (Wildman–Crippen LogP) is 9.27. The molecule has 0 fully saturated rings. The molecular formula is C33H28Cl2NO+. The third kappa shape index (κ3) is 5.13. The van der Waals surface area contributed by atoms with Crippen LogP contribution in [0.2, 0.25) is 10.0 Å². The number of benzene rings is 4. The molecule has 0 aliphatic carbocycles. The molecule has 184 valence electrons. The molecule has 4 aromatic carbocycles. The molecule has 0 bridgehead atoms. The van der Waals surface area contributed by atoms with Crippen LogP contribution >= 0.6 is 23.2 Å². The molecule has 0 unspecified atom stereocenters. The van der Waals surface area contributed by atoms with Gasteiger partial charge in [-0.05, 0) is 46.4 Å². The summed E-state index contributed by atoms with van der Waals surface area (Å²) >= 11 is 12.8. The van der Waals surface area contributed by atoms with E-state index in [0.29, 0.717) is 0 Å². The van der Waals surface area contributed by atoms with Gasteiger partial charge in [0.15, 0.2) is 5.75 Å². The Morgan fingerprint density at radius 2 is 1.03 bits per heavy atom. The second kappa shape index (κ2) is 10.0. The zero-order valence-corrected chi connectivity index (χ0v) is 22.6. The van der Waals surface area contributed by atoms with Crippen LogP contribution < -0.4 is 4.57 Å². The largest absolute Gasteiger partial charge is 0.505 e. The highest BCUT2D eigenvalue weighted by molar-refractivity contribution is 6.37. The second-order valence-corrected chi connectivity index (χ2v) is 11.0. The van der Waals surface area contributed by atoms with Crippen LogP contribution in [0.5, 0.6) is 5.75 Å². The molecule has 0 aliphatic rings. The number of aromatic nitrogens is 1. The van der Waals surface area contributed by atoms with Crippen molar-refractivity contribution in [3.63, 3.8) is 0 Å². The molecule has 0 amide bonds. The van der Waals surface area contributed by atoms with Gasteiger partial charge in [0, 0.05) is 35.4 Å². The lowest BCUT2D eigenvalue weighted by molar-refractivity contribution is -0.572. The molecule has 4 heteroatoms. The summed E-state index contributed by atoms with van der Waals surface area (Å²) in [5.74, 6) is -0.120. The molecule has 0 spiro atoms. The minimum atomic E-state index is -0.120. The van der Waals surface area contributed by atoms with E-state index >= 15 is 0 Å². The third-order valence-electron chi connectivity index (χ3n) is 6.55. The van der Waals surface area contributed by atoms with Crippen LogP contribution in [0.1, 0.15) is 26.3 Å². The Balaban J connectivity index is 1.84. The maximum Gasteiger partial charge on any atom is 0.219 e. The Kier molecular flexibility index (Phi) is 6.81. The summed E-state index contributed by atoms with van der Waals surface area (Å²) in [5.41, 5.74) is 8.44. The molecule has 0 atom stereocenters. The minimum absolute atomic E-state index is 0.0834. The van der Waals surface area contributed by atoms with Gasteiger partial charge in [-0.25, -0.2) is 0 Å². The zero-order valence-electron chi connectivity index (χ0n) is 21.0. The molecular weight excluding hydrogens is 497 g/mol. The van der Waals surface area contributed by atoms with Crippen molar-refractivity contribution in [1.29, 1.82) is 0 Å². The molecule has 5 aromatic rings. The Hall–Kier alpha value is -3.59. The van der Waals surface area contributed by atoms with E-state index in [-0.39, 0.29) is 21.2 Å². The number of phenols is 1. The maximum absolute atomic E-state index is 10.2. The average Bonchev–Trinajstić information content (AvgIpc) is 2.91. The summed E-state index contributed by atoms with van der Waals surface area (Å²) in [6, 6.07) is 37.2. The number of halogens is 2. The summed E-state index contributed by atoms with van der Waals surface area (Å²) in [7, 11) is 0. The summed E-state index contributed by atoms with van der Waals surface area (Å²) in [4.78, 5) is 0.